The Bertz CT molecular complexity index is 630. The lowest BCUT2D eigenvalue weighted by Crippen LogP contribution is -2.33. The lowest BCUT2D eigenvalue weighted by molar-refractivity contribution is -0.172. The largest absolute Gasteiger partial charge is 0.394 e. The molecule has 0 unspecified atom stereocenters. The van der Waals surface area contributed by atoms with E-state index in [-0.39, 0.29) is 17.9 Å². The average molecular weight is 302 g/mol. The SMILES string of the molecule is Cc1c(F)c(N)c(F)c(F)c1C(=O)ON1C(=O)CCC1=O. The molecule has 1 aromatic rings. The van der Waals surface area contributed by atoms with Crippen LogP contribution in [0.25, 0.3) is 0 Å². The molecule has 0 saturated carbocycles. The molecular weight excluding hydrogens is 293 g/mol. The van der Waals surface area contributed by atoms with Gasteiger partial charge in [-0.3, -0.25) is 9.59 Å². The summed E-state index contributed by atoms with van der Waals surface area (Å²) in [4.78, 5) is 38.7. The van der Waals surface area contributed by atoms with Gasteiger partial charge in [-0.2, -0.15) is 0 Å². The van der Waals surface area contributed by atoms with Gasteiger partial charge >= 0.3 is 5.97 Å². The Morgan fingerprint density at radius 3 is 2.14 bits per heavy atom. The van der Waals surface area contributed by atoms with Gasteiger partial charge < -0.3 is 10.6 Å². The van der Waals surface area contributed by atoms with Crippen molar-refractivity contribution in [3.8, 4) is 0 Å². The highest BCUT2D eigenvalue weighted by molar-refractivity contribution is 6.03. The fraction of sp³-hybridized carbons (Fsp3) is 0.250. The molecule has 0 radical (unpaired) electrons. The standard InChI is InChI=1S/C12H9F3N2O4/c1-4-7(9(14)10(15)11(16)8(4)13)12(20)21-17-5(18)2-3-6(17)19/h2-3,16H2,1H3. The highest BCUT2D eigenvalue weighted by Gasteiger charge is 2.35. The molecule has 2 amide bonds. The van der Waals surface area contributed by atoms with Crippen LogP contribution in [-0.2, 0) is 14.4 Å². The topological polar surface area (TPSA) is 89.7 Å². The predicted molar refractivity (Wildman–Crippen MR) is 62.0 cm³/mol. The third-order valence-corrected chi connectivity index (χ3v) is 2.97. The first kappa shape index (κ1) is 14.8. The Labute approximate surface area is 116 Å². The summed E-state index contributed by atoms with van der Waals surface area (Å²) in [5.74, 6) is -7.95. The van der Waals surface area contributed by atoms with E-state index in [1.165, 1.54) is 0 Å². The Hall–Kier alpha value is -2.58. The van der Waals surface area contributed by atoms with Gasteiger partial charge in [-0.25, -0.2) is 18.0 Å². The van der Waals surface area contributed by atoms with E-state index >= 15 is 0 Å². The summed E-state index contributed by atoms with van der Waals surface area (Å²) in [6, 6.07) is 0. The Balaban J connectivity index is 2.41. The number of rotatable bonds is 2. The number of amides is 2. The van der Waals surface area contributed by atoms with Gasteiger partial charge in [-0.1, -0.05) is 0 Å². The summed E-state index contributed by atoms with van der Waals surface area (Å²) in [6.45, 7) is 0.985. The minimum atomic E-state index is -1.75. The van der Waals surface area contributed by atoms with Gasteiger partial charge in [0.05, 0.1) is 0 Å². The molecule has 0 atom stereocenters. The molecule has 1 saturated heterocycles. The van der Waals surface area contributed by atoms with Crippen LogP contribution >= 0.6 is 0 Å². The average Bonchev–Trinajstić information content (AvgIpc) is 2.75. The monoisotopic (exact) mass is 302 g/mol. The van der Waals surface area contributed by atoms with E-state index in [9.17, 15) is 27.6 Å². The summed E-state index contributed by atoms with van der Waals surface area (Å²) < 4.78 is 40.6. The van der Waals surface area contributed by atoms with E-state index in [1.807, 2.05) is 0 Å². The van der Waals surface area contributed by atoms with Gasteiger partial charge in [-0.15, -0.1) is 5.06 Å². The quantitative estimate of drug-likeness (QED) is 0.504. The second-order valence-corrected chi connectivity index (χ2v) is 4.32. The second kappa shape index (κ2) is 5.08. The van der Waals surface area contributed by atoms with Crippen molar-refractivity contribution in [3.63, 3.8) is 0 Å². The molecule has 0 bridgehead atoms. The van der Waals surface area contributed by atoms with E-state index in [0.717, 1.165) is 6.92 Å². The zero-order valence-corrected chi connectivity index (χ0v) is 10.7. The first-order valence-corrected chi connectivity index (χ1v) is 5.76. The molecule has 9 heteroatoms. The number of imide groups is 1. The molecular formula is C12H9F3N2O4. The number of hydroxylamine groups is 2. The number of hydrogen-bond donors (Lipinski definition) is 1. The Kier molecular flexibility index (Phi) is 3.58. The molecule has 1 aliphatic heterocycles. The first-order valence-electron chi connectivity index (χ1n) is 5.76. The van der Waals surface area contributed by atoms with Crippen molar-refractivity contribution in [2.24, 2.45) is 0 Å². The van der Waals surface area contributed by atoms with Crippen LogP contribution in [0, 0.1) is 24.4 Å². The number of nitrogens with zero attached hydrogens (tertiary/aromatic N) is 1. The van der Waals surface area contributed by atoms with Crippen LogP contribution in [0.1, 0.15) is 28.8 Å². The molecule has 6 nitrogen and oxygen atoms in total. The zero-order chi connectivity index (χ0) is 15.9. The van der Waals surface area contributed by atoms with Crippen LogP contribution < -0.4 is 5.73 Å². The van der Waals surface area contributed by atoms with Crippen LogP contribution in [0.15, 0.2) is 0 Å². The highest BCUT2D eigenvalue weighted by atomic mass is 19.2. The van der Waals surface area contributed by atoms with E-state index in [4.69, 9.17) is 5.73 Å². The van der Waals surface area contributed by atoms with Crippen molar-refractivity contribution in [3.05, 3.63) is 28.6 Å². The number of carbonyl (C=O) groups excluding carboxylic acids is 3. The second-order valence-electron chi connectivity index (χ2n) is 4.32. The molecule has 1 fully saturated rings. The molecule has 1 heterocycles. The van der Waals surface area contributed by atoms with Crippen molar-refractivity contribution >= 4 is 23.5 Å². The van der Waals surface area contributed by atoms with Gasteiger partial charge in [0.15, 0.2) is 17.5 Å². The van der Waals surface area contributed by atoms with Crippen molar-refractivity contribution in [2.45, 2.75) is 19.8 Å². The number of carbonyl (C=O) groups is 3. The minimum absolute atomic E-state index is 0.146. The van der Waals surface area contributed by atoms with Crippen LogP contribution in [0.2, 0.25) is 0 Å². The van der Waals surface area contributed by atoms with Crippen molar-refractivity contribution in [1.29, 1.82) is 0 Å². The molecule has 1 aliphatic rings. The summed E-state index contributed by atoms with van der Waals surface area (Å²) >= 11 is 0. The van der Waals surface area contributed by atoms with Gasteiger partial charge in [0.2, 0.25) is 0 Å². The lowest BCUT2D eigenvalue weighted by atomic mass is 10.1. The van der Waals surface area contributed by atoms with E-state index in [1.54, 1.807) is 0 Å². The normalized spacial score (nSPS) is 14.8. The van der Waals surface area contributed by atoms with Gasteiger partial charge in [0.1, 0.15) is 11.3 Å². The van der Waals surface area contributed by atoms with Crippen LogP contribution in [0.3, 0.4) is 0 Å². The maximum absolute atomic E-state index is 13.7. The predicted octanol–water partition coefficient (Wildman–Crippen LogP) is 1.22. The third-order valence-electron chi connectivity index (χ3n) is 2.97. The fourth-order valence-corrected chi connectivity index (χ4v) is 1.83. The molecule has 0 aromatic heterocycles. The number of nitrogens with two attached hydrogens (primary N) is 1. The number of hydrogen-bond acceptors (Lipinski definition) is 5. The molecule has 112 valence electrons. The van der Waals surface area contributed by atoms with Crippen LogP contribution in [0.5, 0.6) is 0 Å². The first-order chi connectivity index (χ1) is 9.75. The van der Waals surface area contributed by atoms with Crippen molar-refractivity contribution in [1.82, 2.24) is 5.06 Å². The third kappa shape index (κ3) is 2.30. The molecule has 21 heavy (non-hydrogen) atoms. The smallest absolute Gasteiger partial charge is 0.367 e. The minimum Gasteiger partial charge on any atom is -0.394 e. The van der Waals surface area contributed by atoms with E-state index < -0.39 is 52.0 Å². The van der Waals surface area contributed by atoms with Crippen LogP contribution in [-0.4, -0.2) is 22.8 Å². The lowest BCUT2D eigenvalue weighted by Gasteiger charge is -2.15. The van der Waals surface area contributed by atoms with E-state index in [2.05, 4.69) is 4.84 Å². The number of anilines is 1. The summed E-state index contributed by atoms with van der Waals surface area (Å²) in [7, 11) is 0. The van der Waals surface area contributed by atoms with E-state index in [0.29, 0.717) is 0 Å². The van der Waals surface area contributed by atoms with Crippen molar-refractivity contribution in [2.75, 3.05) is 5.73 Å². The highest BCUT2D eigenvalue weighted by Crippen LogP contribution is 2.27. The van der Waals surface area contributed by atoms with Gasteiger partial charge in [0.25, 0.3) is 11.8 Å². The Morgan fingerprint density at radius 1 is 1.10 bits per heavy atom. The molecule has 2 rings (SSSR count). The number of nitrogen functional groups attached to an aromatic ring is 1. The summed E-state index contributed by atoms with van der Waals surface area (Å²) in [5.41, 5.74) is 2.27. The Morgan fingerprint density at radius 2 is 1.62 bits per heavy atom. The molecule has 0 aliphatic carbocycles. The molecule has 2 N–H and O–H groups in total. The number of halogens is 3. The van der Waals surface area contributed by atoms with Gasteiger partial charge in [-0.05, 0) is 6.92 Å². The number of benzene rings is 1. The van der Waals surface area contributed by atoms with Crippen molar-refractivity contribution < 1.29 is 32.4 Å². The maximum atomic E-state index is 13.7. The maximum Gasteiger partial charge on any atom is 0.367 e. The molecule has 1 aromatic carbocycles. The summed E-state index contributed by atoms with van der Waals surface area (Å²) in [6.07, 6.45) is -0.337. The molecule has 0 spiro atoms. The van der Waals surface area contributed by atoms with Gasteiger partial charge in [0, 0.05) is 18.4 Å². The zero-order valence-electron chi connectivity index (χ0n) is 10.7. The fourth-order valence-electron chi connectivity index (χ4n) is 1.83. The summed E-state index contributed by atoms with van der Waals surface area (Å²) in [5, 5.41) is 0.146. The van der Waals surface area contributed by atoms with Crippen LogP contribution in [0.4, 0.5) is 18.9 Å².